The molecule has 0 aromatic carbocycles. The summed E-state index contributed by atoms with van der Waals surface area (Å²) in [5, 5.41) is 84.4. The highest BCUT2D eigenvalue weighted by molar-refractivity contribution is 6.87. The lowest BCUT2D eigenvalue weighted by Crippen LogP contribution is -2.67. The number of rotatable bonds is 19. The van der Waals surface area contributed by atoms with E-state index in [1.165, 1.54) is 6.92 Å². The van der Waals surface area contributed by atoms with Gasteiger partial charge in [0.2, 0.25) is 17.0 Å². The lowest BCUT2D eigenvalue weighted by molar-refractivity contribution is -0.125. The smallest absolute Gasteiger partial charge is 0.335 e. The van der Waals surface area contributed by atoms with Crippen LogP contribution in [0.1, 0.15) is 228 Å². The molecule has 12 radical (unpaired) electrons. The second-order valence-corrected chi connectivity index (χ2v) is 92.7. The van der Waals surface area contributed by atoms with Gasteiger partial charge in [0.15, 0.2) is 11.4 Å². The highest BCUT2D eigenvalue weighted by Gasteiger charge is 2.70. The van der Waals surface area contributed by atoms with E-state index in [0.29, 0.717) is 19.8 Å². The first kappa shape index (κ1) is 136. The summed E-state index contributed by atoms with van der Waals surface area (Å²) in [6, 6.07) is -6.06. The van der Waals surface area contributed by atoms with Crippen molar-refractivity contribution in [3.8, 4) is 47.6 Å². The Balaban J connectivity index is 0.000000310. The summed E-state index contributed by atoms with van der Waals surface area (Å²) in [4.78, 5) is 12.5. The number of ether oxygens (including phenoxy) is 7. The van der Waals surface area contributed by atoms with Gasteiger partial charge in [0, 0.05) is 12.0 Å². The van der Waals surface area contributed by atoms with Crippen molar-refractivity contribution in [2.24, 2.45) is 0 Å². The number of halogens is 3. The van der Waals surface area contributed by atoms with E-state index in [9.17, 15) is 34.0 Å². The van der Waals surface area contributed by atoms with Gasteiger partial charge in [0.1, 0.15) is 155 Å². The molecule has 0 aliphatic carbocycles. The maximum Gasteiger partial charge on any atom is 0.335 e. The highest BCUT2D eigenvalue weighted by Crippen LogP contribution is 2.55. The van der Waals surface area contributed by atoms with E-state index in [2.05, 4.69) is 289 Å². The van der Waals surface area contributed by atoms with Crippen LogP contribution >= 0.6 is 0 Å². The summed E-state index contributed by atoms with van der Waals surface area (Å²) in [5.74, 6) is 9.34. The first-order valence-corrected chi connectivity index (χ1v) is 75.3. The number of aliphatic hydroxyl groups excluding tert-OH is 8. The molecule has 0 spiro atoms. The van der Waals surface area contributed by atoms with Gasteiger partial charge in [0.05, 0.1) is 82.5 Å². The van der Waals surface area contributed by atoms with Crippen molar-refractivity contribution < 1.29 is 149 Å². The molecule has 0 aromatic heterocycles. The summed E-state index contributed by atoms with van der Waals surface area (Å²) >= 11 is 0. The average molecular weight is 2230 g/mol. The van der Waals surface area contributed by atoms with Crippen LogP contribution in [0.15, 0.2) is 0 Å². The van der Waals surface area contributed by atoms with Gasteiger partial charge in [-0.25, -0.2) is 13.2 Å². The van der Waals surface area contributed by atoms with Gasteiger partial charge in [0.25, 0.3) is 0 Å². The van der Waals surface area contributed by atoms with Crippen molar-refractivity contribution in [1.82, 2.24) is 0 Å². The lowest BCUT2D eigenvalue weighted by atomic mass is 9.81. The van der Waals surface area contributed by atoms with Crippen LogP contribution in [0.5, 0.6) is 0 Å². The molecule has 11 aliphatic rings. The van der Waals surface area contributed by atoms with E-state index in [-0.39, 0.29) is 114 Å². The van der Waals surface area contributed by atoms with Gasteiger partial charge in [-0.3, -0.25) is 4.79 Å². The predicted molar refractivity (Wildman–Crippen MR) is 589 cm³/mol. The Bertz CT molecular complexity index is 4090. The average Bonchev–Trinajstić information content (AvgIpc) is 1.61. The fraction of sp³-hybridized carbons (Fsp3) is 0.908. The Hall–Kier alpha value is -0.862. The molecule has 11 fully saturated rings. The van der Waals surface area contributed by atoms with Gasteiger partial charge in [-0.2, -0.15) is 0 Å². The van der Waals surface area contributed by atoms with Crippen LogP contribution in [-0.4, -0.2) is 392 Å². The second kappa shape index (κ2) is 53.4. The summed E-state index contributed by atoms with van der Waals surface area (Å²) in [6.45, 7) is 83.0. The first-order chi connectivity index (χ1) is 66.8. The molecule has 11 aliphatic heterocycles. The minimum atomic E-state index is -2.96. The Labute approximate surface area is 893 Å². The van der Waals surface area contributed by atoms with Gasteiger partial charge < -0.3 is 131 Å². The summed E-state index contributed by atoms with van der Waals surface area (Å²) < 4.78 is 163. The molecule has 9 N–H and O–H groups in total. The van der Waals surface area contributed by atoms with E-state index >= 15 is 4.39 Å². The zero-order valence-electron chi connectivity index (χ0n) is 94.9. The summed E-state index contributed by atoms with van der Waals surface area (Å²) in [5.41, 5.74) is 1.58. The number of terminal acetylenes is 2. The molecule has 0 saturated carbocycles. The molecule has 29 nitrogen and oxygen atoms in total. The number of fused-ring (bicyclic) bond motifs is 4. The van der Waals surface area contributed by atoms with Crippen LogP contribution in [0.2, 0.25) is 128 Å². The number of alkyl halides is 3. The largest absolute Gasteiger partial charge is 0.414 e. The quantitative estimate of drug-likeness (QED) is 0.0428. The number of ketones is 1. The maximum absolute atomic E-state index is 16.5. The zero-order valence-corrected chi connectivity index (χ0v) is 105. The number of carbonyl (C=O) groups excluding carboxylic acids is 1. The van der Waals surface area contributed by atoms with Crippen LogP contribution in [0, 0.1) is 47.6 Å². The molecule has 0 amide bonds. The number of hydrogen-bond donors (Lipinski definition) is 9. The van der Waals surface area contributed by atoms with Crippen molar-refractivity contribution in [2.45, 2.75) is 519 Å². The Morgan fingerprint density at radius 3 is 0.966 bits per heavy atom. The fourth-order valence-corrected chi connectivity index (χ4v) is 66.8. The minimum Gasteiger partial charge on any atom is -0.414 e. The normalized spacial score (nSPS) is 36.7. The van der Waals surface area contributed by atoms with E-state index in [4.69, 9.17) is 166 Å². The molecule has 11 rings (SSSR count). The number of carbonyl (C=O) groups is 1. The third-order valence-electron chi connectivity index (χ3n) is 29.8. The molecule has 27 atom stereocenters. The topological polar surface area (TPSA) is 375 Å². The summed E-state index contributed by atoms with van der Waals surface area (Å²) in [7, 11) is 9.34. The van der Waals surface area contributed by atoms with Gasteiger partial charge >= 0.3 is 68.5 Å². The molecular formula is C98H181B6F3O29Si10. The van der Waals surface area contributed by atoms with Crippen LogP contribution in [0.25, 0.3) is 0 Å². The van der Waals surface area contributed by atoms with E-state index in [1.54, 1.807) is 5.92 Å². The molecule has 0 unspecified atom stereocenters. The molecule has 11 saturated heterocycles. The van der Waals surface area contributed by atoms with Gasteiger partial charge in [-0.05, 0) is 95.6 Å². The van der Waals surface area contributed by atoms with Crippen molar-refractivity contribution in [1.29, 1.82) is 0 Å². The molecule has 48 heteroatoms. The van der Waals surface area contributed by atoms with Crippen LogP contribution < -0.4 is 0 Å². The van der Waals surface area contributed by atoms with E-state index in [0.717, 1.165) is 0 Å². The van der Waals surface area contributed by atoms with Crippen molar-refractivity contribution in [3.05, 3.63) is 0 Å². The molecule has 0 aromatic rings. The van der Waals surface area contributed by atoms with Crippen molar-refractivity contribution in [2.75, 3.05) is 46.2 Å². The van der Waals surface area contributed by atoms with Crippen molar-refractivity contribution in [3.63, 3.8) is 0 Å². The van der Waals surface area contributed by atoms with Crippen LogP contribution in [0.4, 0.5) is 13.2 Å². The molecule has 0 bridgehead atoms. The monoisotopic (exact) mass is 2230 g/mol. The van der Waals surface area contributed by atoms with E-state index in [1.807, 2.05) is 5.92 Å². The predicted octanol–water partition coefficient (Wildman–Crippen LogP) is 12.1. The zero-order chi connectivity index (χ0) is 113. The summed E-state index contributed by atoms with van der Waals surface area (Å²) in [6.07, 6.45) is -4.50. The SMILES string of the molecule is C#C[C@]1(F)[C@H](C)O[C@H](CO)[C@H]1O.[B][C@@H]1O[C@@H]2CO[Si](C(C)C)(C(C)C)O[Si](C(C)C)(C(C)C)O[C@H]2C1=O.[B][C@@H]1O[C@@H]2CO[Si](C(C)C)(C(C)C)O[Si](C(C)C)(C(C)C)O[C@H]2[C@@]1(O)C#C[Si](C)(C)C.[B][C@@H]1O[C@@H]2CO[Si](C(C)C)(C(C)C)O[Si](C(C)C)(C(C)C)O[C@H]2[C@H]1O.[B][C@@H]1O[C@@H]2CO[Si](C(C)C)(C(C)C)O[Si](C(C)C)(C(C)C)O[C@H]2[C@]1(F)C#C[Si](C)(C)C.[B][C@@H]1O[C@H](CO)[C@@H](O)[C@H]1O.[B][C@@H]1O[C@H](CO)[C@@H](O)[C@]1(F)C#C. The number of Topliss-reactive ketones (excluding diaryl/α,β-unsaturated/α-hetero) is 1. The van der Waals surface area contributed by atoms with Gasteiger partial charge in [-0.1, -0.05) is 285 Å². The van der Waals surface area contributed by atoms with E-state index < -0.39 is 254 Å². The molecule has 11 heterocycles. The Kier molecular flexibility index (Phi) is 49.6. The highest BCUT2D eigenvalue weighted by atomic mass is 28.5. The Morgan fingerprint density at radius 2 is 0.658 bits per heavy atom. The lowest BCUT2D eigenvalue weighted by Gasteiger charge is -2.52. The first-order valence-electron chi connectivity index (χ1n) is 52.6. The number of hydrogen-bond acceptors (Lipinski definition) is 29. The van der Waals surface area contributed by atoms with Gasteiger partial charge in [-0.15, -0.1) is 23.9 Å². The standard InChI is InChI=1S/C22H42BFO4Si3.C22H43BO5Si3.C17H35BO5Si2.C17H33BO5Si2.C8H11FO3.C7H8BFO3.C5H9BO4/c2*1-15(2)30(16(3)4)25-14-19-20(27-31(28-30,17(5)6)18(7)8)22(24,21(23)26-19)12-13-29(9,10)11;2*1-10(2)24(11(3)4)20-9-14-16(15(19)17(18)21-14)22-25(23-24,12(5)6)13(7)8;1-3-8(9)5(2)12-6(4-10)7(8)11;1-2-7(9)5(11)4(3-10)12-6(7)8;6-5-4(9)3(8)2(1-7)10-5/h15-21H,14H2,1-11H3;15-21,24H,14H2,1-11H3;10-17,19H,9H2,1-8H3;10-14,16-17H,9H2,1-8H3;1,5-7,10-11H,4H2,2H3;1,4-6,10-11H,3H2;2-5,7-9H,1H2/t19-,20-,21-,22-;19-,20-,21-,22+;14-,15-,16-,17-;14-,16-,17-;5-,6+,7+,8-;4-,5-,6-,7-;2-,3-,4-,5-/m1111011/s1. The van der Waals surface area contributed by atoms with Crippen LogP contribution in [-0.2, 0) is 89.8 Å². The molecule has 826 valence electrons. The number of aliphatic hydroxyl groups is 9. The third kappa shape index (κ3) is 28.8. The van der Waals surface area contributed by atoms with Crippen LogP contribution in [0.3, 0.4) is 0 Å². The Morgan fingerprint density at radius 1 is 0.356 bits per heavy atom. The molecular weight excluding hydrogens is 2040 g/mol. The van der Waals surface area contributed by atoms with Crippen molar-refractivity contribution >= 4 is 137 Å². The third-order valence-corrected chi connectivity index (χ3v) is 72.5. The fourth-order valence-electron chi connectivity index (χ4n) is 20.9. The maximum atomic E-state index is 16.5. The molecule has 146 heavy (non-hydrogen) atoms. The minimum absolute atomic E-state index is 0.102. The second-order valence-electron chi connectivity index (χ2n) is 47.8.